The summed E-state index contributed by atoms with van der Waals surface area (Å²) in [6, 6.07) is 20.8. The maximum Gasteiger partial charge on any atom is 0.222 e. The van der Waals surface area contributed by atoms with Crippen LogP contribution in [0.4, 0.5) is 5.69 Å². The summed E-state index contributed by atoms with van der Waals surface area (Å²) in [7, 11) is 0. The Morgan fingerprint density at radius 3 is 2.30 bits per heavy atom. The molecule has 0 saturated carbocycles. The van der Waals surface area contributed by atoms with Crippen molar-refractivity contribution in [1.29, 1.82) is 0 Å². The first-order chi connectivity index (χ1) is 14.4. The van der Waals surface area contributed by atoms with Crippen molar-refractivity contribution in [3.05, 3.63) is 101 Å². The van der Waals surface area contributed by atoms with Gasteiger partial charge < -0.3 is 9.47 Å². The largest absolute Gasteiger partial charge is 0.465 e. The molecule has 0 atom stereocenters. The Labute approximate surface area is 177 Å². The fraction of sp³-hybridized carbons (Fsp3) is 0.154. The molecule has 3 aromatic carbocycles. The minimum atomic E-state index is 0.0199. The van der Waals surface area contributed by atoms with Crippen LogP contribution >= 0.6 is 0 Å². The third kappa shape index (κ3) is 5.92. The maximum absolute atomic E-state index is 11.4. The van der Waals surface area contributed by atoms with E-state index >= 15 is 0 Å². The van der Waals surface area contributed by atoms with Crippen molar-refractivity contribution >= 4 is 17.4 Å². The van der Waals surface area contributed by atoms with Crippen molar-refractivity contribution in [3.63, 3.8) is 0 Å². The Bertz CT molecular complexity index is 1100. The molecule has 0 radical (unpaired) electrons. The van der Waals surface area contributed by atoms with Gasteiger partial charge in [-0.05, 0) is 92.9 Å². The van der Waals surface area contributed by atoms with E-state index in [-0.39, 0.29) is 5.78 Å². The number of aryl methyl sites for hydroxylation is 3. The number of aliphatic imine (C=N–C) groups is 1. The molecule has 0 spiro atoms. The summed E-state index contributed by atoms with van der Waals surface area (Å²) in [5.41, 5.74) is 4.92. The maximum atomic E-state index is 11.4. The number of ketones is 1. The van der Waals surface area contributed by atoms with Crippen LogP contribution in [0.2, 0.25) is 0 Å². The van der Waals surface area contributed by atoms with Gasteiger partial charge in [0.25, 0.3) is 0 Å². The third-order valence-electron chi connectivity index (χ3n) is 4.62. The number of hydrogen-bond donors (Lipinski definition) is 0. The van der Waals surface area contributed by atoms with Gasteiger partial charge in [-0.2, -0.15) is 0 Å². The van der Waals surface area contributed by atoms with E-state index in [1.54, 1.807) is 30.3 Å². The molecule has 3 aromatic rings. The summed E-state index contributed by atoms with van der Waals surface area (Å²) < 4.78 is 11.7. The number of rotatable bonds is 6. The normalized spacial score (nSPS) is 11.5. The molecule has 0 aliphatic carbocycles. The Balaban J connectivity index is 1.82. The highest BCUT2D eigenvalue weighted by molar-refractivity contribution is 5.94. The van der Waals surface area contributed by atoms with Crippen LogP contribution in [-0.2, 0) is 0 Å². The average molecular weight is 399 g/mol. The third-order valence-corrected chi connectivity index (χ3v) is 4.62. The molecule has 0 unspecified atom stereocenters. The molecule has 0 aromatic heterocycles. The van der Waals surface area contributed by atoms with E-state index in [2.05, 4.69) is 18.8 Å². The lowest BCUT2D eigenvalue weighted by Gasteiger charge is -2.08. The van der Waals surface area contributed by atoms with E-state index in [4.69, 9.17) is 9.47 Å². The standard InChI is InChI=1S/C26H25NO3/c1-18-6-5-7-25(16-18)30-26(27-23-11-8-19(2)20(3)17-23)14-15-29-24-12-9-22(10-13-24)21(4)28/h5-17H,1-4H3. The van der Waals surface area contributed by atoms with Gasteiger partial charge >= 0.3 is 0 Å². The van der Waals surface area contributed by atoms with Gasteiger partial charge in [-0.3, -0.25) is 4.79 Å². The smallest absolute Gasteiger partial charge is 0.222 e. The molecular formula is C26H25NO3. The molecule has 152 valence electrons. The van der Waals surface area contributed by atoms with Gasteiger partial charge in [0.15, 0.2) is 5.78 Å². The molecule has 30 heavy (non-hydrogen) atoms. The number of Topliss-reactive ketones (excluding diaryl/α,β-unsaturated/α-hetero) is 1. The van der Waals surface area contributed by atoms with Gasteiger partial charge in [-0.15, -0.1) is 0 Å². The Hall–Kier alpha value is -3.66. The minimum absolute atomic E-state index is 0.0199. The Morgan fingerprint density at radius 1 is 0.867 bits per heavy atom. The lowest BCUT2D eigenvalue weighted by molar-refractivity contribution is 0.101. The molecule has 3 rings (SSSR count). The molecule has 4 heteroatoms. The SMILES string of the molecule is CC(=O)c1ccc(OC=CC(=Nc2ccc(C)c(C)c2)Oc2cccc(C)c2)cc1. The predicted molar refractivity (Wildman–Crippen MR) is 121 cm³/mol. The lowest BCUT2D eigenvalue weighted by Crippen LogP contribution is -2.05. The summed E-state index contributed by atoms with van der Waals surface area (Å²) in [4.78, 5) is 16.0. The van der Waals surface area contributed by atoms with Gasteiger partial charge in [0, 0.05) is 11.6 Å². The summed E-state index contributed by atoms with van der Waals surface area (Å²) >= 11 is 0. The van der Waals surface area contributed by atoms with Crippen LogP contribution < -0.4 is 9.47 Å². The molecule has 0 aliphatic heterocycles. The van der Waals surface area contributed by atoms with Gasteiger partial charge in [0.05, 0.1) is 11.9 Å². The van der Waals surface area contributed by atoms with Crippen LogP contribution in [0, 0.1) is 20.8 Å². The van der Waals surface area contributed by atoms with E-state index in [0.717, 1.165) is 16.8 Å². The predicted octanol–water partition coefficient (Wildman–Crippen LogP) is 6.52. The first-order valence-corrected chi connectivity index (χ1v) is 9.75. The molecule has 0 aliphatic rings. The van der Waals surface area contributed by atoms with Crippen molar-refractivity contribution in [1.82, 2.24) is 0 Å². The van der Waals surface area contributed by atoms with Crippen LogP contribution in [0.3, 0.4) is 0 Å². The van der Waals surface area contributed by atoms with Crippen molar-refractivity contribution in [2.75, 3.05) is 0 Å². The lowest BCUT2D eigenvalue weighted by atomic mass is 10.1. The van der Waals surface area contributed by atoms with E-state index in [9.17, 15) is 4.79 Å². The van der Waals surface area contributed by atoms with Crippen molar-refractivity contribution in [2.45, 2.75) is 27.7 Å². The fourth-order valence-corrected chi connectivity index (χ4v) is 2.76. The van der Waals surface area contributed by atoms with Gasteiger partial charge in [0.2, 0.25) is 5.90 Å². The highest BCUT2D eigenvalue weighted by Gasteiger charge is 2.03. The fourth-order valence-electron chi connectivity index (χ4n) is 2.76. The summed E-state index contributed by atoms with van der Waals surface area (Å²) in [6.45, 7) is 7.67. The number of carbonyl (C=O) groups excluding carboxylic acids is 1. The second-order valence-corrected chi connectivity index (χ2v) is 7.14. The van der Waals surface area contributed by atoms with Gasteiger partial charge in [-0.1, -0.05) is 18.2 Å². The van der Waals surface area contributed by atoms with Crippen molar-refractivity contribution in [3.8, 4) is 11.5 Å². The topological polar surface area (TPSA) is 47.9 Å². The zero-order valence-corrected chi connectivity index (χ0v) is 17.7. The first kappa shape index (κ1) is 21.1. The second kappa shape index (κ2) is 9.70. The molecule has 0 bridgehead atoms. The van der Waals surface area contributed by atoms with Crippen molar-refractivity contribution < 1.29 is 14.3 Å². The zero-order valence-electron chi connectivity index (χ0n) is 17.7. The molecule has 0 amide bonds. The monoisotopic (exact) mass is 399 g/mol. The van der Waals surface area contributed by atoms with Crippen molar-refractivity contribution in [2.24, 2.45) is 4.99 Å². The number of hydrogen-bond acceptors (Lipinski definition) is 4. The van der Waals surface area contributed by atoms with Crippen LogP contribution in [-0.4, -0.2) is 11.7 Å². The number of carbonyl (C=O) groups is 1. The first-order valence-electron chi connectivity index (χ1n) is 9.75. The summed E-state index contributed by atoms with van der Waals surface area (Å²) in [5.74, 6) is 1.75. The number of ether oxygens (including phenoxy) is 2. The van der Waals surface area contributed by atoms with Crippen LogP contribution in [0.15, 0.2) is 84.1 Å². The molecule has 0 heterocycles. The van der Waals surface area contributed by atoms with Gasteiger partial charge in [0.1, 0.15) is 11.5 Å². The highest BCUT2D eigenvalue weighted by atomic mass is 16.5. The minimum Gasteiger partial charge on any atom is -0.465 e. The summed E-state index contributed by atoms with van der Waals surface area (Å²) in [5, 5.41) is 0. The molecular weight excluding hydrogens is 374 g/mol. The average Bonchev–Trinajstić information content (AvgIpc) is 2.71. The molecule has 0 N–H and O–H groups in total. The Morgan fingerprint density at radius 2 is 1.63 bits per heavy atom. The van der Waals surface area contributed by atoms with Crippen LogP contribution in [0.5, 0.6) is 11.5 Å². The molecule has 0 fully saturated rings. The van der Waals surface area contributed by atoms with Crippen LogP contribution in [0.25, 0.3) is 0 Å². The summed E-state index contributed by atoms with van der Waals surface area (Å²) in [6.07, 6.45) is 3.20. The van der Waals surface area contributed by atoms with E-state index in [1.165, 1.54) is 18.7 Å². The number of benzene rings is 3. The van der Waals surface area contributed by atoms with E-state index in [1.807, 2.05) is 49.4 Å². The second-order valence-electron chi connectivity index (χ2n) is 7.14. The molecule has 4 nitrogen and oxygen atoms in total. The quantitative estimate of drug-likeness (QED) is 0.205. The van der Waals surface area contributed by atoms with E-state index < -0.39 is 0 Å². The Kier molecular flexibility index (Phi) is 6.81. The van der Waals surface area contributed by atoms with E-state index in [0.29, 0.717) is 23.0 Å². The highest BCUT2D eigenvalue weighted by Crippen LogP contribution is 2.20. The van der Waals surface area contributed by atoms with Crippen LogP contribution in [0.1, 0.15) is 34.0 Å². The van der Waals surface area contributed by atoms with Gasteiger partial charge in [-0.25, -0.2) is 4.99 Å². The number of nitrogens with zero attached hydrogens (tertiary/aromatic N) is 1. The molecule has 0 saturated heterocycles. The zero-order chi connectivity index (χ0) is 21.5.